The lowest BCUT2D eigenvalue weighted by atomic mass is 9.98. The Bertz CT molecular complexity index is 654. The van der Waals surface area contributed by atoms with Crippen molar-refractivity contribution in [1.82, 2.24) is 9.88 Å². The van der Waals surface area contributed by atoms with Crippen molar-refractivity contribution in [3.8, 4) is 11.5 Å². The van der Waals surface area contributed by atoms with E-state index in [9.17, 15) is 4.39 Å². The van der Waals surface area contributed by atoms with Gasteiger partial charge < -0.3 is 10.2 Å². The summed E-state index contributed by atoms with van der Waals surface area (Å²) in [6.45, 7) is 2.96. The van der Waals surface area contributed by atoms with Gasteiger partial charge in [-0.2, -0.15) is 0 Å². The number of rotatable bonds is 3. The van der Waals surface area contributed by atoms with Crippen LogP contribution in [0.1, 0.15) is 18.5 Å². The van der Waals surface area contributed by atoms with E-state index < -0.39 is 0 Å². The molecular formula is C17H20FN3O. The van der Waals surface area contributed by atoms with Crippen molar-refractivity contribution in [1.29, 1.82) is 0 Å². The highest BCUT2D eigenvalue weighted by Crippen LogP contribution is 2.37. The molecule has 2 aliphatic rings. The molecule has 2 aromatic rings. The number of oxazole rings is 1. The molecule has 0 radical (unpaired) electrons. The lowest BCUT2D eigenvalue weighted by Crippen LogP contribution is -2.30. The van der Waals surface area contributed by atoms with Crippen LogP contribution in [0.15, 0.2) is 34.9 Å². The van der Waals surface area contributed by atoms with Crippen LogP contribution in [-0.4, -0.2) is 29.0 Å². The predicted octanol–water partition coefficient (Wildman–Crippen LogP) is 2.65. The van der Waals surface area contributed by atoms with Crippen molar-refractivity contribution in [3.63, 3.8) is 0 Å². The second-order valence-electron chi connectivity index (χ2n) is 6.51. The topological polar surface area (TPSA) is 55.3 Å². The number of nitrogens with two attached hydrogens (primary N) is 1. The first-order chi connectivity index (χ1) is 10.7. The molecule has 4 rings (SSSR count). The number of fused-ring (bicyclic) bond motifs is 1. The van der Waals surface area contributed by atoms with Crippen LogP contribution in [-0.2, 0) is 6.54 Å². The standard InChI is InChI=1S/C17H20FN3O/c18-13-4-1-11(2-5-13)17-20-14(10-22-17)8-21-7-12-3-6-16(19)15(12)9-21/h1-2,4-5,10,12,15-16H,3,6-9,19H2. The Balaban J connectivity index is 1.43. The Labute approximate surface area is 129 Å². The number of hydrogen-bond acceptors (Lipinski definition) is 4. The van der Waals surface area contributed by atoms with Gasteiger partial charge >= 0.3 is 0 Å². The molecule has 1 aliphatic carbocycles. The van der Waals surface area contributed by atoms with Crippen LogP contribution in [0, 0.1) is 17.7 Å². The zero-order chi connectivity index (χ0) is 15.1. The van der Waals surface area contributed by atoms with E-state index in [0.717, 1.165) is 36.8 Å². The quantitative estimate of drug-likeness (QED) is 0.947. The first kappa shape index (κ1) is 13.9. The van der Waals surface area contributed by atoms with Crippen LogP contribution in [0.25, 0.3) is 11.5 Å². The van der Waals surface area contributed by atoms with Gasteiger partial charge in [-0.3, -0.25) is 4.90 Å². The van der Waals surface area contributed by atoms with Crippen molar-refractivity contribution in [3.05, 3.63) is 42.0 Å². The van der Waals surface area contributed by atoms with Crippen molar-refractivity contribution in [2.45, 2.75) is 25.4 Å². The average molecular weight is 301 g/mol. The fourth-order valence-electron chi connectivity index (χ4n) is 3.86. The summed E-state index contributed by atoms with van der Waals surface area (Å²) < 4.78 is 18.5. The van der Waals surface area contributed by atoms with Gasteiger partial charge in [0.15, 0.2) is 0 Å². The summed E-state index contributed by atoms with van der Waals surface area (Å²) in [5.74, 6) is 1.68. The zero-order valence-electron chi connectivity index (χ0n) is 12.4. The summed E-state index contributed by atoms with van der Waals surface area (Å²) in [7, 11) is 0. The molecular weight excluding hydrogens is 281 g/mol. The van der Waals surface area contributed by atoms with Gasteiger partial charge in [0.25, 0.3) is 0 Å². The van der Waals surface area contributed by atoms with Crippen molar-refractivity contribution >= 4 is 0 Å². The third-order valence-corrected chi connectivity index (χ3v) is 5.02. The summed E-state index contributed by atoms with van der Waals surface area (Å²) >= 11 is 0. The summed E-state index contributed by atoms with van der Waals surface area (Å²) in [6, 6.07) is 6.57. The third-order valence-electron chi connectivity index (χ3n) is 5.02. The normalized spacial score (nSPS) is 28.2. The van der Waals surface area contributed by atoms with Gasteiger partial charge in [0.1, 0.15) is 12.1 Å². The molecule has 5 heteroatoms. The minimum absolute atomic E-state index is 0.254. The molecule has 2 heterocycles. The SMILES string of the molecule is NC1CCC2CN(Cc3coc(-c4ccc(F)cc4)n3)CC12. The highest BCUT2D eigenvalue weighted by atomic mass is 19.1. The molecule has 4 nitrogen and oxygen atoms in total. The fourth-order valence-corrected chi connectivity index (χ4v) is 3.86. The monoisotopic (exact) mass is 301 g/mol. The number of nitrogens with zero attached hydrogens (tertiary/aromatic N) is 2. The van der Waals surface area contributed by atoms with Crippen LogP contribution in [0.4, 0.5) is 4.39 Å². The molecule has 3 atom stereocenters. The Morgan fingerprint density at radius 2 is 2.05 bits per heavy atom. The largest absolute Gasteiger partial charge is 0.444 e. The van der Waals surface area contributed by atoms with Crippen LogP contribution < -0.4 is 5.73 Å². The molecule has 1 saturated heterocycles. The molecule has 0 spiro atoms. The smallest absolute Gasteiger partial charge is 0.226 e. The summed E-state index contributed by atoms with van der Waals surface area (Å²) in [6.07, 6.45) is 4.12. The second-order valence-corrected chi connectivity index (χ2v) is 6.51. The van der Waals surface area contributed by atoms with Gasteiger partial charge in [0.05, 0.1) is 5.69 Å². The molecule has 1 saturated carbocycles. The molecule has 0 bridgehead atoms. The fraction of sp³-hybridized carbons (Fsp3) is 0.471. The van der Waals surface area contributed by atoms with Gasteiger partial charge in [-0.15, -0.1) is 0 Å². The highest BCUT2D eigenvalue weighted by molar-refractivity contribution is 5.52. The highest BCUT2D eigenvalue weighted by Gasteiger charge is 2.40. The molecule has 1 aliphatic heterocycles. The Morgan fingerprint density at radius 1 is 1.23 bits per heavy atom. The number of likely N-dealkylation sites (tertiary alicyclic amines) is 1. The van der Waals surface area contributed by atoms with Crippen LogP contribution >= 0.6 is 0 Å². The van der Waals surface area contributed by atoms with Crippen molar-refractivity contribution in [2.24, 2.45) is 17.6 Å². The average Bonchev–Trinajstić information content (AvgIpc) is 3.19. The van der Waals surface area contributed by atoms with E-state index in [1.165, 1.54) is 25.0 Å². The predicted molar refractivity (Wildman–Crippen MR) is 81.4 cm³/mol. The van der Waals surface area contributed by atoms with Gasteiger partial charge in [-0.25, -0.2) is 9.37 Å². The van der Waals surface area contributed by atoms with Gasteiger partial charge in [-0.05, 0) is 48.9 Å². The van der Waals surface area contributed by atoms with Crippen molar-refractivity contribution < 1.29 is 8.81 Å². The Hall–Kier alpha value is -1.72. The summed E-state index contributed by atoms with van der Waals surface area (Å²) in [5, 5.41) is 0. The minimum atomic E-state index is -0.254. The van der Waals surface area contributed by atoms with Gasteiger partial charge in [0.2, 0.25) is 5.89 Å². The summed E-state index contributed by atoms with van der Waals surface area (Å²) in [4.78, 5) is 6.94. The van der Waals surface area contributed by atoms with E-state index in [1.807, 2.05) is 0 Å². The molecule has 2 N–H and O–H groups in total. The number of aromatic nitrogens is 1. The van der Waals surface area contributed by atoms with Crippen molar-refractivity contribution in [2.75, 3.05) is 13.1 Å². The molecule has 116 valence electrons. The molecule has 2 fully saturated rings. The van der Waals surface area contributed by atoms with Crippen LogP contribution in [0.5, 0.6) is 0 Å². The van der Waals surface area contributed by atoms with Gasteiger partial charge in [0, 0.05) is 31.2 Å². The first-order valence-electron chi connectivity index (χ1n) is 7.87. The van der Waals surface area contributed by atoms with E-state index in [4.69, 9.17) is 10.2 Å². The third kappa shape index (κ3) is 2.55. The van der Waals surface area contributed by atoms with Crippen LogP contribution in [0.3, 0.4) is 0 Å². The van der Waals surface area contributed by atoms with E-state index >= 15 is 0 Å². The number of hydrogen-bond donors (Lipinski definition) is 1. The molecule has 1 aromatic carbocycles. The van der Waals surface area contributed by atoms with E-state index in [1.54, 1.807) is 18.4 Å². The maximum Gasteiger partial charge on any atom is 0.226 e. The van der Waals surface area contributed by atoms with Gasteiger partial charge in [-0.1, -0.05) is 0 Å². The second kappa shape index (κ2) is 5.48. The maximum atomic E-state index is 13.0. The zero-order valence-corrected chi connectivity index (χ0v) is 12.4. The number of benzene rings is 1. The summed E-state index contributed by atoms with van der Waals surface area (Å²) in [5.41, 5.74) is 7.90. The first-order valence-corrected chi connectivity index (χ1v) is 7.87. The molecule has 0 amide bonds. The Kier molecular flexibility index (Phi) is 3.47. The Morgan fingerprint density at radius 3 is 2.82 bits per heavy atom. The van der Waals surface area contributed by atoms with E-state index in [-0.39, 0.29) is 5.82 Å². The maximum absolute atomic E-state index is 13.0. The minimum Gasteiger partial charge on any atom is -0.444 e. The molecule has 3 unspecified atom stereocenters. The molecule has 1 aromatic heterocycles. The van der Waals surface area contributed by atoms with E-state index in [0.29, 0.717) is 17.9 Å². The number of halogens is 1. The van der Waals surface area contributed by atoms with E-state index in [2.05, 4.69) is 9.88 Å². The molecule has 22 heavy (non-hydrogen) atoms. The lowest BCUT2D eigenvalue weighted by molar-refractivity contribution is 0.294. The van der Waals surface area contributed by atoms with Crippen LogP contribution in [0.2, 0.25) is 0 Å². The lowest BCUT2D eigenvalue weighted by Gasteiger charge is -2.16.